The minimum atomic E-state index is -0.262. The molecule has 5 heteroatoms. The summed E-state index contributed by atoms with van der Waals surface area (Å²) in [6, 6.07) is 16.6. The normalized spacial score (nSPS) is 26.2. The maximum Gasteiger partial charge on any atom is 0.410 e. The second-order valence-corrected chi connectivity index (χ2v) is 10.5. The highest BCUT2D eigenvalue weighted by atomic mass is 16.6. The van der Waals surface area contributed by atoms with Crippen LogP contribution in [0.1, 0.15) is 62.0 Å². The van der Waals surface area contributed by atoms with Gasteiger partial charge in [0.05, 0.1) is 25.3 Å². The average molecular weight is 460 g/mol. The third-order valence-electron chi connectivity index (χ3n) is 8.49. The maximum absolute atomic E-state index is 13.3. The zero-order valence-electron chi connectivity index (χ0n) is 19.7. The number of ether oxygens (including phenoxy) is 2. The average Bonchev–Trinajstić information content (AvgIpc) is 3.47. The first-order valence-electron chi connectivity index (χ1n) is 12.9. The number of amides is 1. The van der Waals surface area contributed by atoms with Gasteiger partial charge in [-0.1, -0.05) is 74.2 Å². The molecule has 4 aliphatic rings. The second kappa shape index (κ2) is 9.18. The molecule has 1 saturated carbocycles. The van der Waals surface area contributed by atoms with E-state index in [-0.39, 0.29) is 30.0 Å². The Kier molecular flexibility index (Phi) is 5.90. The van der Waals surface area contributed by atoms with Crippen molar-refractivity contribution >= 4 is 11.9 Å². The summed E-state index contributed by atoms with van der Waals surface area (Å²) in [7, 11) is 0. The van der Waals surface area contributed by atoms with Crippen LogP contribution in [0.2, 0.25) is 0 Å². The van der Waals surface area contributed by atoms with E-state index in [4.69, 9.17) is 9.47 Å². The summed E-state index contributed by atoms with van der Waals surface area (Å²) in [5.74, 6) is 1.08. The van der Waals surface area contributed by atoms with Crippen LogP contribution in [0, 0.1) is 11.8 Å². The Balaban J connectivity index is 1.13. The van der Waals surface area contributed by atoms with Crippen molar-refractivity contribution in [3.05, 3.63) is 59.7 Å². The van der Waals surface area contributed by atoms with Gasteiger partial charge in [-0.3, -0.25) is 9.69 Å². The van der Waals surface area contributed by atoms with Crippen LogP contribution in [0.15, 0.2) is 48.5 Å². The van der Waals surface area contributed by atoms with Crippen molar-refractivity contribution < 1.29 is 19.1 Å². The molecule has 0 aromatic heterocycles. The lowest BCUT2D eigenvalue weighted by Crippen LogP contribution is -2.60. The van der Waals surface area contributed by atoms with Crippen LogP contribution in [-0.2, 0) is 14.3 Å². The van der Waals surface area contributed by atoms with Crippen LogP contribution >= 0.6 is 0 Å². The van der Waals surface area contributed by atoms with E-state index >= 15 is 0 Å². The summed E-state index contributed by atoms with van der Waals surface area (Å²) >= 11 is 0. The van der Waals surface area contributed by atoms with Gasteiger partial charge >= 0.3 is 6.09 Å². The molecule has 6 rings (SSSR count). The lowest BCUT2D eigenvalue weighted by Gasteiger charge is -2.47. The van der Waals surface area contributed by atoms with Gasteiger partial charge in [0.1, 0.15) is 12.4 Å². The van der Waals surface area contributed by atoms with Gasteiger partial charge in [0.15, 0.2) is 0 Å². The number of hydrogen-bond acceptors (Lipinski definition) is 4. The van der Waals surface area contributed by atoms with E-state index in [9.17, 15) is 9.59 Å². The predicted molar refractivity (Wildman–Crippen MR) is 130 cm³/mol. The van der Waals surface area contributed by atoms with Crippen LogP contribution in [0.3, 0.4) is 0 Å². The number of morpholine rings is 1. The summed E-state index contributed by atoms with van der Waals surface area (Å²) in [6.45, 7) is 1.31. The predicted octanol–water partition coefficient (Wildman–Crippen LogP) is 5.56. The fourth-order valence-corrected chi connectivity index (χ4v) is 6.81. The molecule has 34 heavy (non-hydrogen) atoms. The number of Topliss-reactive ketones (excluding diaryl/α,β-unsaturated/α-hetero) is 1. The molecule has 2 aromatic rings. The highest BCUT2D eigenvalue weighted by Crippen LogP contribution is 2.45. The van der Waals surface area contributed by atoms with Crippen molar-refractivity contribution in [2.75, 3.05) is 19.8 Å². The summed E-state index contributed by atoms with van der Waals surface area (Å²) in [5, 5.41) is 0. The number of nitrogens with zero attached hydrogens (tertiary/aromatic N) is 1. The molecule has 2 saturated heterocycles. The van der Waals surface area contributed by atoms with Crippen molar-refractivity contribution in [1.29, 1.82) is 0 Å². The molecular weight excluding hydrogens is 426 g/mol. The Morgan fingerprint density at radius 1 is 0.882 bits per heavy atom. The standard InChI is InChI=1S/C29H33NO4/c31-28(13-19-7-1-2-8-19)20-14-21-16-33-17-22(15-20)30(21)29(32)34-18-27-25-11-5-3-9-23(25)24-10-4-6-12-26(24)27/h3-6,9-12,19-22,27H,1-2,7-8,13-18H2. The molecule has 2 heterocycles. The van der Waals surface area contributed by atoms with Crippen LogP contribution < -0.4 is 0 Å². The highest BCUT2D eigenvalue weighted by molar-refractivity contribution is 5.82. The number of carbonyl (C=O) groups is 2. The highest BCUT2D eigenvalue weighted by Gasteiger charge is 2.45. The molecule has 1 amide bonds. The molecule has 2 atom stereocenters. The Morgan fingerprint density at radius 2 is 1.47 bits per heavy atom. The number of hydrogen-bond donors (Lipinski definition) is 0. The van der Waals surface area contributed by atoms with Gasteiger partial charge in [0.2, 0.25) is 0 Å². The number of carbonyl (C=O) groups excluding carboxylic acids is 2. The van der Waals surface area contributed by atoms with Gasteiger partial charge in [-0.05, 0) is 41.0 Å². The number of piperidine rings is 1. The smallest absolute Gasteiger partial charge is 0.410 e. The molecule has 5 nitrogen and oxygen atoms in total. The molecule has 2 bridgehead atoms. The van der Waals surface area contributed by atoms with Gasteiger partial charge in [-0.25, -0.2) is 4.79 Å². The number of benzene rings is 2. The third kappa shape index (κ3) is 3.94. The SMILES string of the molecule is O=C(CC1CCCC1)C1CC2COCC(C1)N2C(=O)OCC1c2ccccc2-c2ccccc21. The van der Waals surface area contributed by atoms with Crippen molar-refractivity contribution in [2.24, 2.45) is 11.8 Å². The largest absolute Gasteiger partial charge is 0.448 e. The van der Waals surface area contributed by atoms with E-state index in [1.165, 1.54) is 47.9 Å². The summed E-state index contributed by atoms with van der Waals surface area (Å²) in [4.78, 5) is 28.2. The van der Waals surface area contributed by atoms with E-state index in [0.717, 1.165) is 6.42 Å². The maximum atomic E-state index is 13.3. The van der Waals surface area contributed by atoms with Crippen molar-refractivity contribution in [3.8, 4) is 11.1 Å². The molecule has 2 unspecified atom stereocenters. The van der Waals surface area contributed by atoms with Gasteiger partial charge in [0.25, 0.3) is 0 Å². The second-order valence-electron chi connectivity index (χ2n) is 10.5. The fraction of sp³-hybridized carbons (Fsp3) is 0.517. The molecule has 3 fully saturated rings. The lowest BCUT2D eigenvalue weighted by atomic mass is 9.80. The monoisotopic (exact) mass is 459 g/mol. The van der Waals surface area contributed by atoms with E-state index in [1.807, 2.05) is 4.90 Å². The number of fused-ring (bicyclic) bond motifs is 5. The molecule has 2 aliphatic heterocycles. The quantitative estimate of drug-likeness (QED) is 0.587. The van der Waals surface area contributed by atoms with Crippen molar-refractivity contribution in [3.63, 3.8) is 0 Å². The minimum absolute atomic E-state index is 0.0529. The number of rotatable bonds is 5. The minimum Gasteiger partial charge on any atom is -0.448 e. The molecule has 0 radical (unpaired) electrons. The molecule has 178 valence electrons. The Morgan fingerprint density at radius 3 is 2.09 bits per heavy atom. The van der Waals surface area contributed by atoms with Gasteiger partial charge in [-0.2, -0.15) is 0 Å². The first kappa shape index (κ1) is 21.8. The molecule has 0 spiro atoms. The van der Waals surface area contributed by atoms with Crippen molar-refractivity contribution in [1.82, 2.24) is 4.90 Å². The molecule has 0 N–H and O–H groups in total. The zero-order chi connectivity index (χ0) is 23.1. The third-order valence-corrected chi connectivity index (χ3v) is 8.49. The Bertz CT molecular complexity index is 1020. The number of ketones is 1. The molecule has 2 aromatic carbocycles. The van der Waals surface area contributed by atoms with Gasteiger partial charge < -0.3 is 9.47 Å². The summed E-state index contributed by atoms with van der Waals surface area (Å²) in [5.41, 5.74) is 4.89. The summed E-state index contributed by atoms with van der Waals surface area (Å²) < 4.78 is 11.8. The first-order chi connectivity index (χ1) is 16.7. The van der Waals surface area contributed by atoms with Gasteiger partial charge in [-0.15, -0.1) is 0 Å². The van der Waals surface area contributed by atoms with Crippen LogP contribution in [0.4, 0.5) is 4.79 Å². The first-order valence-corrected chi connectivity index (χ1v) is 12.9. The lowest BCUT2D eigenvalue weighted by molar-refractivity contribution is -0.132. The summed E-state index contributed by atoms with van der Waals surface area (Å²) in [6.07, 6.45) is 6.77. The van der Waals surface area contributed by atoms with E-state index < -0.39 is 0 Å². The van der Waals surface area contributed by atoms with Crippen molar-refractivity contribution in [2.45, 2.75) is 62.9 Å². The zero-order valence-corrected chi connectivity index (χ0v) is 19.7. The van der Waals surface area contributed by atoms with Crippen LogP contribution in [0.5, 0.6) is 0 Å². The Hall–Kier alpha value is -2.66. The van der Waals surface area contributed by atoms with E-state index in [0.29, 0.717) is 44.4 Å². The topological polar surface area (TPSA) is 55.8 Å². The Labute approximate surface area is 201 Å². The van der Waals surface area contributed by atoms with Crippen LogP contribution in [-0.4, -0.2) is 48.7 Å². The van der Waals surface area contributed by atoms with Gasteiger partial charge in [0, 0.05) is 18.3 Å². The molecular formula is C29H33NO4. The van der Waals surface area contributed by atoms with E-state index in [1.54, 1.807) is 0 Å². The van der Waals surface area contributed by atoms with Crippen LogP contribution in [0.25, 0.3) is 11.1 Å². The van der Waals surface area contributed by atoms with E-state index in [2.05, 4.69) is 48.5 Å². The molecule has 2 aliphatic carbocycles. The fourth-order valence-electron chi connectivity index (χ4n) is 6.81.